The SMILES string of the molecule is O=C(CCCc1nc(-c2cccnc2)no1)Nc1ccc(F)c(Cl)c1. The molecule has 1 aromatic carbocycles. The second kappa shape index (κ2) is 7.85. The molecule has 1 amide bonds. The van der Waals surface area contributed by atoms with Gasteiger partial charge in [0, 0.05) is 36.5 Å². The number of hydrogen-bond acceptors (Lipinski definition) is 5. The lowest BCUT2D eigenvalue weighted by molar-refractivity contribution is -0.116. The molecule has 2 heterocycles. The average Bonchev–Trinajstić information content (AvgIpc) is 3.08. The van der Waals surface area contributed by atoms with E-state index in [-0.39, 0.29) is 17.4 Å². The third-order valence-electron chi connectivity index (χ3n) is 3.39. The molecule has 0 aliphatic carbocycles. The molecule has 0 aliphatic heterocycles. The largest absolute Gasteiger partial charge is 0.339 e. The van der Waals surface area contributed by atoms with Crippen LogP contribution in [0.25, 0.3) is 11.4 Å². The third kappa shape index (κ3) is 4.60. The van der Waals surface area contributed by atoms with Crippen LogP contribution >= 0.6 is 11.6 Å². The summed E-state index contributed by atoms with van der Waals surface area (Å²) in [5.74, 6) is 0.195. The number of amides is 1. The highest BCUT2D eigenvalue weighted by Gasteiger charge is 2.10. The molecule has 0 aliphatic rings. The van der Waals surface area contributed by atoms with E-state index >= 15 is 0 Å². The van der Waals surface area contributed by atoms with Gasteiger partial charge in [0.05, 0.1) is 5.02 Å². The average molecular weight is 361 g/mol. The van der Waals surface area contributed by atoms with Gasteiger partial charge >= 0.3 is 0 Å². The fraction of sp³-hybridized carbons (Fsp3) is 0.176. The summed E-state index contributed by atoms with van der Waals surface area (Å²) in [7, 11) is 0. The molecule has 8 heteroatoms. The number of hydrogen-bond donors (Lipinski definition) is 1. The van der Waals surface area contributed by atoms with E-state index < -0.39 is 5.82 Å². The molecule has 1 N–H and O–H groups in total. The number of anilines is 1. The van der Waals surface area contributed by atoms with E-state index in [4.69, 9.17) is 16.1 Å². The van der Waals surface area contributed by atoms with Crippen molar-refractivity contribution in [2.45, 2.75) is 19.3 Å². The van der Waals surface area contributed by atoms with Crippen LogP contribution in [-0.2, 0) is 11.2 Å². The number of nitrogens with one attached hydrogen (secondary N) is 1. The van der Waals surface area contributed by atoms with Gasteiger partial charge in [-0.1, -0.05) is 16.8 Å². The number of carbonyl (C=O) groups is 1. The highest BCUT2D eigenvalue weighted by molar-refractivity contribution is 6.31. The van der Waals surface area contributed by atoms with E-state index in [1.807, 2.05) is 6.07 Å². The van der Waals surface area contributed by atoms with Crippen LogP contribution in [0.2, 0.25) is 5.02 Å². The van der Waals surface area contributed by atoms with Gasteiger partial charge in [0.25, 0.3) is 0 Å². The Balaban J connectivity index is 1.48. The summed E-state index contributed by atoms with van der Waals surface area (Å²) in [6.45, 7) is 0. The maximum atomic E-state index is 13.1. The van der Waals surface area contributed by atoms with Crippen LogP contribution in [0.15, 0.2) is 47.2 Å². The van der Waals surface area contributed by atoms with Gasteiger partial charge < -0.3 is 9.84 Å². The number of pyridine rings is 1. The molecule has 0 saturated heterocycles. The predicted molar refractivity (Wildman–Crippen MR) is 90.5 cm³/mol. The minimum absolute atomic E-state index is 0.0356. The zero-order chi connectivity index (χ0) is 17.6. The maximum Gasteiger partial charge on any atom is 0.226 e. The molecule has 25 heavy (non-hydrogen) atoms. The molecule has 0 unspecified atom stereocenters. The lowest BCUT2D eigenvalue weighted by Crippen LogP contribution is -2.11. The molecule has 0 fully saturated rings. The van der Waals surface area contributed by atoms with Crippen molar-refractivity contribution in [3.05, 3.63) is 59.5 Å². The number of carbonyl (C=O) groups excluding carboxylic acids is 1. The van der Waals surface area contributed by atoms with E-state index in [0.717, 1.165) is 5.56 Å². The van der Waals surface area contributed by atoms with Crippen LogP contribution in [0.3, 0.4) is 0 Å². The number of nitrogens with zero attached hydrogens (tertiary/aromatic N) is 3. The molecule has 0 radical (unpaired) electrons. The number of aryl methyl sites for hydroxylation is 1. The quantitative estimate of drug-likeness (QED) is 0.721. The first-order valence-corrected chi connectivity index (χ1v) is 7.97. The van der Waals surface area contributed by atoms with Crippen molar-refractivity contribution in [3.8, 4) is 11.4 Å². The standard InChI is InChI=1S/C17H14ClFN4O2/c18-13-9-12(6-7-14(13)19)21-15(24)4-1-5-16-22-17(23-25-16)11-3-2-8-20-10-11/h2-3,6-10H,1,4-5H2,(H,21,24). The number of benzene rings is 1. The first-order chi connectivity index (χ1) is 12.1. The molecule has 128 valence electrons. The summed E-state index contributed by atoms with van der Waals surface area (Å²) >= 11 is 5.68. The summed E-state index contributed by atoms with van der Waals surface area (Å²) in [6.07, 6.45) is 4.59. The van der Waals surface area contributed by atoms with Gasteiger partial charge in [-0.2, -0.15) is 4.98 Å². The lowest BCUT2D eigenvalue weighted by atomic mass is 10.2. The molecule has 3 aromatic rings. The minimum atomic E-state index is -0.527. The van der Waals surface area contributed by atoms with Crippen molar-refractivity contribution in [1.29, 1.82) is 0 Å². The topological polar surface area (TPSA) is 80.9 Å². The zero-order valence-corrected chi connectivity index (χ0v) is 13.8. The van der Waals surface area contributed by atoms with Crippen molar-refractivity contribution in [1.82, 2.24) is 15.1 Å². The first kappa shape index (κ1) is 17.0. The van der Waals surface area contributed by atoms with Crippen LogP contribution < -0.4 is 5.32 Å². The maximum absolute atomic E-state index is 13.1. The summed E-state index contributed by atoms with van der Waals surface area (Å²) in [6, 6.07) is 7.65. The fourth-order valence-corrected chi connectivity index (χ4v) is 2.35. The minimum Gasteiger partial charge on any atom is -0.339 e. The second-order valence-electron chi connectivity index (χ2n) is 5.28. The highest BCUT2D eigenvalue weighted by atomic mass is 35.5. The van der Waals surface area contributed by atoms with E-state index in [2.05, 4.69) is 20.4 Å². The Bertz CT molecular complexity index is 870. The number of aromatic nitrogens is 3. The van der Waals surface area contributed by atoms with Gasteiger partial charge in [-0.3, -0.25) is 9.78 Å². The molecule has 2 aromatic heterocycles. The molecule has 0 atom stereocenters. The Morgan fingerprint density at radius 3 is 2.96 bits per heavy atom. The van der Waals surface area contributed by atoms with Crippen molar-refractivity contribution < 1.29 is 13.7 Å². The Kier molecular flexibility index (Phi) is 5.35. The Morgan fingerprint density at radius 1 is 1.32 bits per heavy atom. The van der Waals surface area contributed by atoms with Gasteiger partial charge in [-0.15, -0.1) is 0 Å². The predicted octanol–water partition coefficient (Wildman–Crippen LogP) is 3.89. The number of rotatable bonds is 6. The normalized spacial score (nSPS) is 10.6. The highest BCUT2D eigenvalue weighted by Crippen LogP contribution is 2.20. The number of halogens is 2. The molecular weight excluding hydrogens is 347 g/mol. The zero-order valence-electron chi connectivity index (χ0n) is 13.1. The smallest absolute Gasteiger partial charge is 0.226 e. The van der Waals surface area contributed by atoms with Gasteiger partial charge in [-0.05, 0) is 36.8 Å². The van der Waals surface area contributed by atoms with Crippen LogP contribution in [-0.4, -0.2) is 21.0 Å². The van der Waals surface area contributed by atoms with E-state index in [0.29, 0.717) is 30.2 Å². The van der Waals surface area contributed by atoms with Crippen molar-refractivity contribution in [3.63, 3.8) is 0 Å². The van der Waals surface area contributed by atoms with Crippen molar-refractivity contribution in [2.24, 2.45) is 0 Å². The summed E-state index contributed by atoms with van der Waals surface area (Å²) in [5, 5.41) is 6.52. The summed E-state index contributed by atoms with van der Waals surface area (Å²) in [4.78, 5) is 20.2. The summed E-state index contributed by atoms with van der Waals surface area (Å²) < 4.78 is 18.2. The van der Waals surface area contributed by atoms with Gasteiger partial charge in [0.1, 0.15) is 5.82 Å². The Labute approximate surface area is 148 Å². The van der Waals surface area contributed by atoms with Crippen LogP contribution in [0, 0.1) is 5.82 Å². The van der Waals surface area contributed by atoms with E-state index in [9.17, 15) is 9.18 Å². The lowest BCUT2D eigenvalue weighted by Gasteiger charge is -2.05. The molecule has 0 saturated carbocycles. The van der Waals surface area contributed by atoms with Crippen LogP contribution in [0.4, 0.5) is 10.1 Å². The van der Waals surface area contributed by atoms with Crippen LogP contribution in [0.5, 0.6) is 0 Å². The molecule has 0 bridgehead atoms. The van der Waals surface area contributed by atoms with E-state index in [1.165, 1.54) is 18.2 Å². The van der Waals surface area contributed by atoms with Crippen LogP contribution in [0.1, 0.15) is 18.7 Å². The molecule has 0 spiro atoms. The second-order valence-corrected chi connectivity index (χ2v) is 5.69. The van der Waals surface area contributed by atoms with Crippen molar-refractivity contribution >= 4 is 23.2 Å². The Hall–Kier alpha value is -2.80. The third-order valence-corrected chi connectivity index (χ3v) is 3.68. The van der Waals surface area contributed by atoms with E-state index in [1.54, 1.807) is 18.5 Å². The molecule has 6 nitrogen and oxygen atoms in total. The van der Waals surface area contributed by atoms with Gasteiger partial charge in [-0.25, -0.2) is 4.39 Å². The van der Waals surface area contributed by atoms with Gasteiger partial charge in [0.15, 0.2) is 0 Å². The Morgan fingerprint density at radius 2 is 2.20 bits per heavy atom. The summed E-state index contributed by atoms with van der Waals surface area (Å²) in [5.41, 5.74) is 1.22. The molecular formula is C17H14ClFN4O2. The fourth-order valence-electron chi connectivity index (χ4n) is 2.17. The first-order valence-electron chi connectivity index (χ1n) is 7.60. The van der Waals surface area contributed by atoms with Crippen molar-refractivity contribution in [2.75, 3.05) is 5.32 Å². The molecule has 3 rings (SSSR count). The van der Waals surface area contributed by atoms with Gasteiger partial charge in [0.2, 0.25) is 17.6 Å². The monoisotopic (exact) mass is 360 g/mol.